The lowest BCUT2D eigenvalue weighted by Crippen LogP contribution is -2.33. The molecule has 0 radical (unpaired) electrons. The molecule has 5 rings (SSSR count). The fraction of sp³-hybridized carbons (Fsp3) is 0.261. The van der Waals surface area contributed by atoms with Gasteiger partial charge in [-0.2, -0.15) is 5.10 Å². The Bertz CT molecular complexity index is 1150. The van der Waals surface area contributed by atoms with E-state index in [1.807, 2.05) is 42.6 Å². The van der Waals surface area contributed by atoms with Crippen LogP contribution in [0.3, 0.4) is 0 Å². The molecule has 1 aliphatic rings. The molecule has 1 fully saturated rings. The second-order valence-corrected chi connectivity index (χ2v) is 7.46. The monoisotopic (exact) mass is 436 g/mol. The molecule has 1 aromatic carbocycles. The maximum Gasteiger partial charge on any atom is 0.177 e. The Morgan fingerprint density at radius 3 is 2.84 bits per heavy atom. The molecule has 1 unspecified atom stereocenters. The molecule has 160 valence electrons. The van der Waals surface area contributed by atoms with Gasteiger partial charge >= 0.3 is 0 Å². The average molecular weight is 437 g/mol. The zero-order chi connectivity index (χ0) is 20.3. The average Bonchev–Trinajstić information content (AvgIpc) is 3.44. The van der Waals surface area contributed by atoms with E-state index in [0.29, 0.717) is 6.04 Å². The van der Waals surface area contributed by atoms with Crippen LogP contribution < -0.4 is 10.2 Å². The number of hydrogen-bond donors (Lipinski definition) is 1. The van der Waals surface area contributed by atoms with E-state index in [0.717, 1.165) is 60.2 Å². The third-order valence-electron chi connectivity index (χ3n) is 5.46. The van der Waals surface area contributed by atoms with Crippen LogP contribution in [0.2, 0.25) is 0 Å². The molecule has 0 aliphatic carbocycles. The minimum Gasteiger partial charge on any atom is -0.383 e. The predicted molar refractivity (Wildman–Crippen MR) is 125 cm³/mol. The molecule has 1 saturated heterocycles. The Balaban J connectivity index is 0.00000231. The van der Waals surface area contributed by atoms with Gasteiger partial charge in [0, 0.05) is 31.6 Å². The molecule has 1 atom stereocenters. The summed E-state index contributed by atoms with van der Waals surface area (Å²) in [6.07, 6.45) is 5.90. The molecular weight excluding hydrogens is 412 g/mol. The summed E-state index contributed by atoms with van der Waals surface area (Å²) in [5.74, 6) is 1.75. The van der Waals surface area contributed by atoms with Gasteiger partial charge in [0.1, 0.15) is 11.6 Å². The number of hydrogen-bond acceptors (Lipinski definition) is 6. The lowest BCUT2D eigenvalue weighted by Gasteiger charge is -2.25. The highest BCUT2D eigenvalue weighted by molar-refractivity contribution is 5.85. The van der Waals surface area contributed by atoms with Crippen molar-refractivity contribution >= 4 is 35.4 Å². The molecule has 4 heterocycles. The van der Waals surface area contributed by atoms with Crippen LogP contribution in [0.4, 0.5) is 17.3 Å². The van der Waals surface area contributed by atoms with Crippen molar-refractivity contribution in [2.24, 2.45) is 0 Å². The summed E-state index contributed by atoms with van der Waals surface area (Å²) < 4.78 is 7.19. The van der Waals surface area contributed by atoms with Crippen LogP contribution in [-0.2, 0) is 4.74 Å². The molecule has 0 saturated carbocycles. The van der Waals surface area contributed by atoms with Crippen molar-refractivity contribution in [2.45, 2.75) is 18.9 Å². The number of halogens is 1. The first-order valence-electron chi connectivity index (χ1n) is 10.2. The molecule has 0 spiro atoms. The van der Waals surface area contributed by atoms with Crippen molar-refractivity contribution < 1.29 is 4.74 Å². The van der Waals surface area contributed by atoms with Gasteiger partial charge in [-0.25, -0.2) is 14.5 Å². The van der Waals surface area contributed by atoms with Crippen LogP contribution in [0.1, 0.15) is 12.8 Å². The molecule has 3 aromatic heterocycles. The van der Waals surface area contributed by atoms with Gasteiger partial charge in [-0.05, 0) is 31.0 Å². The summed E-state index contributed by atoms with van der Waals surface area (Å²) in [5.41, 5.74) is 3.56. The van der Waals surface area contributed by atoms with Gasteiger partial charge in [-0.15, -0.1) is 12.4 Å². The molecule has 7 nitrogen and oxygen atoms in total. The minimum absolute atomic E-state index is 0. The van der Waals surface area contributed by atoms with Crippen LogP contribution in [0, 0.1) is 0 Å². The number of pyridine rings is 1. The second kappa shape index (κ2) is 9.32. The van der Waals surface area contributed by atoms with E-state index >= 15 is 0 Å². The third-order valence-corrected chi connectivity index (χ3v) is 5.46. The molecular formula is C23H25ClN6O. The van der Waals surface area contributed by atoms with Gasteiger partial charge < -0.3 is 15.0 Å². The van der Waals surface area contributed by atoms with Crippen LogP contribution in [0.25, 0.3) is 16.9 Å². The number of rotatable bonds is 6. The van der Waals surface area contributed by atoms with E-state index < -0.39 is 0 Å². The third kappa shape index (κ3) is 4.33. The Hall–Kier alpha value is -3.16. The molecule has 8 heteroatoms. The summed E-state index contributed by atoms with van der Waals surface area (Å²) in [4.78, 5) is 11.7. The highest BCUT2D eigenvalue weighted by Crippen LogP contribution is 2.28. The van der Waals surface area contributed by atoms with E-state index in [2.05, 4.69) is 33.4 Å². The van der Waals surface area contributed by atoms with E-state index in [4.69, 9.17) is 14.8 Å². The topological polar surface area (TPSA) is 67.6 Å². The van der Waals surface area contributed by atoms with E-state index in [9.17, 15) is 0 Å². The van der Waals surface area contributed by atoms with Crippen LogP contribution in [0.5, 0.6) is 0 Å². The number of imidazole rings is 1. The zero-order valence-corrected chi connectivity index (χ0v) is 18.1. The number of benzene rings is 1. The summed E-state index contributed by atoms with van der Waals surface area (Å²) in [6, 6.07) is 18.6. The number of aromatic nitrogens is 4. The number of fused-ring (bicyclic) bond motifs is 1. The fourth-order valence-corrected chi connectivity index (χ4v) is 4.05. The van der Waals surface area contributed by atoms with Gasteiger partial charge in [0.05, 0.1) is 24.0 Å². The van der Waals surface area contributed by atoms with Gasteiger partial charge in [-0.1, -0.05) is 36.4 Å². The second-order valence-electron chi connectivity index (χ2n) is 7.46. The van der Waals surface area contributed by atoms with E-state index in [-0.39, 0.29) is 12.4 Å². The first-order chi connectivity index (χ1) is 14.8. The van der Waals surface area contributed by atoms with Crippen LogP contribution in [0.15, 0.2) is 67.0 Å². The Kier molecular flexibility index (Phi) is 6.34. The number of ether oxygens (including phenoxy) is 1. The van der Waals surface area contributed by atoms with Crippen molar-refractivity contribution in [2.75, 3.05) is 30.5 Å². The van der Waals surface area contributed by atoms with Crippen LogP contribution in [-0.4, -0.2) is 45.9 Å². The van der Waals surface area contributed by atoms with Gasteiger partial charge in [-0.3, -0.25) is 0 Å². The molecule has 1 aliphatic heterocycles. The normalized spacial score (nSPS) is 15.8. The Labute approximate surface area is 187 Å². The minimum atomic E-state index is 0. The lowest BCUT2D eigenvalue weighted by molar-refractivity contribution is 0.180. The number of methoxy groups -OCH3 is 1. The Morgan fingerprint density at radius 2 is 2.00 bits per heavy atom. The molecule has 4 aromatic rings. The maximum absolute atomic E-state index is 5.39. The predicted octanol–water partition coefficient (Wildman–Crippen LogP) is 4.57. The highest BCUT2D eigenvalue weighted by Gasteiger charge is 2.25. The zero-order valence-electron chi connectivity index (χ0n) is 17.3. The van der Waals surface area contributed by atoms with Gasteiger partial charge in [0.25, 0.3) is 0 Å². The van der Waals surface area contributed by atoms with Crippen molar-refractivity contribution in [3.63, 3.8) is 0 Å². The first kappa shape index (κ1) is 21.1. The van der Waals surface area contributed by atoms with Crippen molar-refractivity contribution in [1.82, 2.24) is 19.6 Å². The standard InChI is InChI=1S/C23H24N6O.ClH/c1-30-16-18-9-6-13-28(18)22-11-5-10-21(26-22)25-20-15-19(17-7-3-2-4-8-17)27-29-14-12-24-23(20)29;/h2-5,7-8,10-12,14-15,18H,6,9,13,16H2,1H3,(H,25,26);1H. The summed E-state index contributed by atoms with van der Waals surface area (Å²) in [7, 11) is 1.76. The molecule has 0 amide bonds. The van der Waals surface area contributed by atoms with Gasteiger partial charge in [0.15, 0.2) is 5.65 Å². The fourth-order valence-electron chi connectivity index (χ4n) is 4.05. The van der Waals surface area contributed by atoms with Crippen molar-refractivity contribution in [3.8, 4) is 11.3 Å². The first-order valence-corrected chi connectivity index (χ1v) is 10.2. The number of nitrogens with zero attached hydrogens (tertiary/aromatic N) is 5. The molecule has 1 N–H and O–H groups in total. The summed E-state index contributed by atoms with van der Waals surface area (Å²) in [5, 5.41) is 8.15. The quantitative estimate of drug-likeness (QED) is 0.477. The summed E-state index contributed by atoms with van der Waals surface area (Å²) >= 11 is 0. The smallest absolute Gasteiger partial charge is 0.177 e. The SMILES string of the molecule is COCC1CCCN1c1cccc(Nc2cc(-c3ccccc3)nn3ccnc23)n1.Cl. The maximum atomic E-state index is 5.39. The van der Waals surface area contributed by atoms with Gasteiger partial charge in [0.2, 0.25) is 0 Å². The van der Waals surface area contributed by atoms with Crippen molar-refractivity contribution in [1.29, 1.82) is 0 Å². The van der Waals surface area contributed by atoms with E-state index in [1.54, 1.807) is 17.8 Å². The molecule has 31 heavy (non-hydrogen) atoms. The number of anilines is 3. The lowest BCUT2D eigenvalue weighted by atomic mass is 10.1. The summed E-state index contributed by atoms with van der Waals surface area (Å²) in [6.45, 7) is 1.72. The van der Waals surface area contributed by atoms with Crippen molar-refractivity contribution in [3.05, 3.63) is 67.0 Å². The van der Waals surface area contributed by atoms with E-state index in [1.165, 1.54) is 0 Å². The Morgan fingerprint density at radius 1 is 1.13 bits per heavy atom. The highest BCUT2D eigenvalue weighted by atomic mass is 35.5. The molecule has 0 bridgehead atoms. The largest absolute Gasteiger partial charge is 0.383 e. The van der Waals surface area contributed by atoms with Crippen LogP contribution >= 0.6 is 12.4 Å². The number of nitrogens with one attached hydrogen (secondary N) is 1.